The van der Waals surface area contributed by atoms with Gasteiger partial charge in [0.2, 0.25) is 21.8 Å². The first-order valence-electron chi connectivity index (χ1n) is 11.5. The summed E-state index contributed by atoms with van der Waals surface area (Å²) in [6, 6.07) is 6.14. The molecular formula is C24H27Cl3F3N3O4S. The molecule has 0 aliphatic rings. The maximum atomic E-state index is 13.6. The normalized spacial score (nSPS) is 12.7. The molecule has 2 aromatic carbocycles. The predicted molar refractivity (Wildman–Crippen MR) is 143 cm³/mol. The van der Waals surface area contributed by atoms with E-state index in [-0.39, 0.29) is 23.0 Å². The van der Waals surface area contributed by atoms with Gasteiger partial charge in [-0.3, -0.25) is 13.9 Å². The molecule has 2 amide bonds. The van der Waals surface area contributed by atoms with Crippen molar-refractivity contribution in [1.82, 2.24) is 10.2 Å². The first-order valence-corrected chi connectivity index (χ1v) is 14.4. The van der Waals surface area contributed by atoms with E-state index in [1.54, 1.807) is 13.0 Å². The topological polar surface area (TPSA) is 86.8 Å². The molecule has 0 unspecified atom stereocenters. The van der Waals surface area contributed by atoms with Crippen molar-refractivity contribution in [3.05, 3.63) is 62.6 Å². The molecule has 0 radical (unpaired) electrons. The second kappa shape index (κ2) is 13.2. The lowest BCUT2D eigenvalue weighted by atomic mass is 10.1. The maximum Gasteiger partial charge on any atom is 0.417 e. The number of hydrogen-bond donors (Lipinski definition) is 1. The van der Waals surface area contributed by atoms with Crippen LogP contribution >= 0.6 is 34.8 Å². The molecule has 0 spiro atoms. The van der Waals surface area contributed by atoms with Gasteiger partial charge in [0.05, 0.1) is 32.6 Å². The molecule has 210 valence electrons. The Labute approximate surface area is 234 Å². The minimum absolute atomic E-state index is 0.139. The van der Waals surface area contributed by atoms with E-state index in [1.807, 2.05) is 6.92 Å². The Morgan fingerprint density at radius 2 is 1.63 bits per heavy atom. The van der Waals surface area contributed by atoms with Crippen LogP contribution in [0, 0.1) is 0 Å². The number of amides is 2. The van der Waals surface area contributed by atoms with Gasteiger partial charge in [-0.2, -0.15) is 13.2 Å². The number of halogens is 6. The summed E-state index contributed by atoms with van der Waals surface area (Å²) in [5.41, 5.74) is -1.16. The second-order valence-corrected chi connectivity index (χ2v) is 11.5. The van der Waals surface area contributed by atoms with E-state index < -0.39 is 56.9 Å². The minimum Gasteiger partial charge on any atom is -0.354 e. The molecule has 0 saturated heterocycles. The number of sulfonamides is 1. The van der Waals surface area contributed by atoms with Gasteiger partial charge in [0, 0.05) is 13.1 Å². The molecule has 1 atom stereocenters. The number of nitrogens with zero attached hydrogens (tertiary/aromatic N) is 2. The number of alkyl halides is 3. The predicted octanol–water partition coefficient (Wildman–Crippen LogP) is 5.77. The van der Waals surface area contributed by atoms with Crippen LogP contribution in [-0.2, 0) is 32.3 Å². The largest absolute Gasteiger partial charge is 0.417 e. The van der Waals surface area contributed by atoms with Crippen LogP contribution in [-0.4, -0.2) is 50.5 Å². The molecular weight excluding hydrogens is 590 g/mol. The third-order valence-corrected chi connectivity index (χ3v) is 7.70. The van der Waals surface area contributed by atoms with E-state index >= 15 is 0 Å². The van der Waals surface area contributed by atoms with Crippen molar-refractivity contribution in [1.29, 1.82) is 0 Å². The summed E-state index contributed by atoms with van der Waals surface area (Å²) in [5.74, 6) is -1.27. The quantitative estimate of drug-likeness (QED) is 0.348. The number of rotatable bonds is 11. The maximum absolute atomic E-state index is 13.6. The SMILES string of the molecule is CCCNC(=O)[C@@H](CC)N(Cc1ccc(Cl)c(Cl)c1)C(=O)CN(c1ccc(Cl)c(C(F)(F)F)c1)S(C)(=O)=O. The van der Waals surface area contributed by atoms with Crippen LogP contribution in [0.15, 0.2) is 36.4 Å². The number of benzene rings is 2. The van der Waals surface area contributed by atoms with E-state index in [0.29, 0.717) is 28.9 Å². The third-order valence-electron chi connectivity index (χ3n) is 5.49. The first kappa shape index (κ1) is 32.0. The summed E-state index contributed by atoms with van der Waals surface area (Å²) in [4.78, 5) is 27.7. The Morgan fingerprint density at radius 3 is 2.16 bits per heavy atom. The Hall–Kier alpha value is -2.21. The van der Waals surface area contributed by atoms with Crippen LogP contribution in [0.2, 0.25) is 15.1 Å². The zero-order valence-corrected chi connectivity index (χ0v) is 23.9. The standard InChI is InChI=1S/C24H27Cl3F3N3O4S/c1-4-10-31-23(35)21(5-2)32(13-15-6-8-19(26)20(27)11-15)22(34)14-33(38(3,36)37)16-7-9-18(25)17(12-16)24(28,29)30/h6-9,11-12,21H,4-5,10,13-14H2,1-3H3,(H,31,35)/t21-/m1/s1. The number of carbonyl (C=O) groups excluding carboxylic acids is 2. The van der Waals surface area contributed by atoms with Crippen molar-refractivity contribution in [2.45, 2.75) is 45.5 Å². The van der Waals surface area contributed by atoms with Crippen molar-refractivity contribution in [3.8, 4) is 0 Å². The molecule has 0 heterocycles. The van der Waals surface area contributed by atoms with Gasteiger partial charge in [-0.15, -0.1) is 0 Å². The van der Waals surface area contributed by atoms with Crippen molar-refractivity contribution in [3.63, 3.8) is 0 Å². The lowest BCUT2D eigenvalue weighted by molar-refractivity contribution is -0.140. The monoisotopic (exact) mass is 615 g/mol. The molecule has 14 heteroatoms. The molecule has 38 heavy (non-hydrogen) atoms. The van der Waals surface area contributed by atoms with E-state index in [1.165, 1.54) is 17.0 Å². The van der Waals surface area contributed by atoms with Gasteiger partial charge >= 0.3 is 6.18 Å². The van der Waals surface area contributed by atoms with E-state index in [0.717, 1.165) is 18.4 Å². The molecule has 0 fully saturated rings. The van der Waals surface area contributed by atoms with Gasteiger partial charge in [0.15, 0.2) is 0 Å². The van der Waals surface area contributed by atoms with Gasteiger partial charge in [-0.25, -0.2) is 8.42 Å². The van der Waals surface area contributed by atoms with E-state index in [2.05, 4.69) is 5.32 Å². The second-order valence-electron chi connectivity index (χ2n) is 8.42. The molecule has 0 aliphatic heterocycles. The van der Waals surface area contributed by atoms with E-state index in [9.17, 15) is 31.2 Å². The summed E-state index contributed by atoms with van der Waals surface area (Å²) in [7, 11) is -4.24. The fraction of sp³-hybridized carbons (Fsp3) is 0.417. The Morgan fingerprint density at radius 1 is 1.00 bits per heavy atom. The first-order chi connectivity index (χ1) is 17.6. The van der Waals surface area contributed by atoms with Crippen molar-refractivity contribution < 1.29 is 31.2 Å². The highest BCUT2D eigenvalue weighted by molar-refractivity contribution is 7.92. The van der Waals surface area contributed by atoms with E-state index in [4.69, 9.17) is 34.8 Å². The minimum atomic E-state index is -4.86. The number of nitrogens with one attached hydrogen (secondary N) is 1. The van der Waals surface area contributed by atoms with Crippen LogP contribution in [0.4, 0.5) is 18.9 Å². The molecule has 0 aromatic heterocycles. The zero-order valence-electron chi connectivity index (χ0n) is 20.8. The van der Waals surface area contributed by atoms with Gasteiger partial charge < -0.3 is 10.2 Å². The van der Waals surface area contributed by atoms with Crippen molar-refractivity contribution >= 4 is 62.3 Å². The molecule has 2 aromatic rings. The highest BCUT2D eigenvalue weighted by atomic mass is 35.5. The summed E-state index contributed by atoms with van der Waals surface area (Å²) in [6.07, 6.45) is -3.27. The highest BCUT2D eigenvalue weighted by Gasteiger charge is 2.36. The lowest BCUT2D eigenvalue weighted by Crippen LogP contribution is -2.52. The molecule has 7 nitrogen and oxygen atoms in total. The summed E-state index contributed by atoms with van der Waals surface area (Å²) in [5, 5.41) is 2.57. The van der Waals surface area contributed by atoms with Crippen molar-refractivity contribution in [2.75, 3.05) is 23.7 Å². The van der Waals surface area contributed by atoms with Gasteiger partial charge in [0.1, 0.15) is 12.6 Å². The average molecular weight is 617 g/mol. The molecule has 0 saturated carbocycles. The van der Waals surface area contributed by atoms with Crippen LogP contribution in [0.3, 0.4) is 0 Å². The van der Waals surface area contributed by atoms with Crippen LogP contribution < -0.4 is 9.62 Å². The van der Waals surface area contributed by atoms with Gasteiger partial charge in [-0.1, -0.05) is 54.7 Å². The third kappa shape index (κ3) is 8.39. The zero-order chi connectivity index (χ0) is 28.8. The number of hydrogen-bond acceptors (Lipinski definition) is 4. The molecule has 0 aliphatic carbocycles. The summed E-state index contributed by atoms with van der Waals surface area (Å²) in [6.45, 7) is 2.88. The van der Waals surface area contributed by atoms with Crippen LogP contribution in [0.5, 0.6) is 0 Å². The number of anilines is 1. The fourth-order valence-corrected chi connectivity index (χ4v) is 5.01. The summed E-state index contributed by atoms with van der Waals surface area (Å²) < 4.78 is 66.1. The van der Waals surface area contributed by atoms with Gasteiger partial charge in [0.25, 0.3) is 0 Å². The molecule has 0 bridgehead atoms. The fourth-order valence-electron chi connectivity index (χ4n) is 3.62. The van der Waals surface area contributed by atoms with Crippen LogP contribution in [0.1, 0.15) is 37.8 Å². The van der Waals surface area contributed by atoms with Gasteiger partial charge in [-0.05, 0) is 48.7 Å². The van der Waals surface area contributed by atoms with Crippen molar-refractivity contribution in [2.24, 2.45) is 0 Å². The summed E-state index contributed by atoms with van der Waals surface area (Å²) >= 11 is 17.8. The average Bonchev–Trinajstić information content (AvgIpc) is 2.82. The Kier molecular flexibility index (Phi) is 11.1. The lowest BCUT2D eigenvalue weighted by Gasteiger charge is -2.33. The smallest absolute Gasteiger partial charge is 0.354 e. The van der Waals surface area contributed by atoms with Crippen LogP contribution in [0.25, 0.3) is 0 Å². The Bertz CT molecular complexity index is 1280. The highest BCUT2D eigenvalue weighted by Crippen LogP contribution is 2.37. The molecule has 1 N–H and O–H groups in total. The molecule has 2 rings (SSSR count). The number of carbonyl (C=O) groups is 2. The Balaban J connectivity index is 2.53.